The first-order chi connectivity index (χ1) is 13.5. The summed E-state index contributed by atoms with van der Waals surface area (Å²) in [7, 11) is 0. The monoisotopic (exact) mass is 416 g/mol. The van der Waals surface area contributed by atoms with Gasteiger partial charge in [-0.05, 0) is 29.2 Å². The average molecular weight is 417 g/mol. The van der Waals surface area contributed by atoms with Gasteiger partial charge >= 0.3 is 5.97 Å². The number of aromatic nitrogens is 2. The van der Waals surface area contributed by atoms with Gasteiger partial charge in [0.25, 0.3) is 0 Å². The highest BCUT2D eigenvalue weighted by Crippen LogP contribution is 2.26. The molecule has 0 unspecified atom stereocenters. The molecule has 2 aromatic carbocycles. The fourth-order valence-electron chi connectivity index (χ4n) is 3.20. The summed E-state index contributed by atoms with van der Waals surface area (Å²) in [5.74, 6) is 0.303. The summed E-state index contributed by atoms with van der Waals surface area (Å²) in [6.07, 6.45) is 2.98. The van der Waals surface area contributed by atoms with Crippen LogP contribution in [-0.4, -0.2) is 20.6 Å². The first-order valence-corrected chi connectivity index (χ1v) is 10.2. The van der Waals surface area contributed by atoms with Crippen molar-refractivity contribution in [3.05, 3.63) is 76.3 Å². The maximum Gasteiger partial charge on any atom is 0.336 e. The molecule has 1 N–H and O–H groups in total. The predicted molar refractivity (Wildman–Crippen MR) is 113 cm³/mol. The second-order valence-corrected chi connectivity index (χ2v) is 7.26. The number of rotatable bonds is 8. The number of halogens is 2. The number of nitrogens with zero attached hydrogens (tertiary/aromatic N) is 2. The van der Waals surface area contributed by atoms with Gasteiger partial charge in [-0.2, -0.15) is 0 Å². The number of carboxylic acids is 1. The minimum Gasteiger partial charge on any atom is -0.478 e. The maximum atomic E-state index is 11.5. The van der Waals surface area contributed by atoms with Crippen LogP contribution in [0.2, 0.25) is 5.15 Å². The van der Waals surface area contributed by atoms with E-state index in [4.69, 9.17) is 23.2 Å². The molecule has 0 amide bonds. The van der Waals surface area contributed by atoms with E-state index < -0.39 is 5.97 Å². The van der Waals surface area contributed by atoms with E-state index in [1.807, 2.05) is 41.0 Å². The number of alkyl halides is 1. The molecule has 6 heteroatoms. The number of aryl methyl sites for hydroxylation is 1. The zero-order chi connectivity index (χ0) is 20.1. The number of carboxylic acid groups (broad SMARTS) is 1. The van der Waals surface area contributed by atoms with Crippen molar-refractivity contribution >= 4 is 29.2 Å². The first kappa shape index (κ1) is 20.4. The van der Waals surface area contributed by atoms with E-state index in [1.54, 1.807) is 12.1 Å². The van der Waals surface area contributed by atoms with Crippen molar-refractivity contribution < 1.29 is 9.90 Å². The lowest BCUT2D eigenvalue weighted by atomic mass is 9.99. The van der Waals surface area contributed by atoms with Crippen LogP contribution < -0.4 is 0 Å². The molecule has 0 spiro atoms. The fraction of sp³-hybridized carbons (Fsp3) is 0.273. The third kappa shape index (κ3) is 4.40. The molecule has 0 aliphatic rings. The van der Waals surface area contributed by atoms with Crippen LogP contribution >= 0.6 is 23.2 Å². The van der Waals surface area contributed by atoms with Crippen LogP contribution in [0.5, 0.6) is 0 Å². The fourth-order valence-corrected chi connectivity index (χ4v) is 3.72. The van der Waals surface area contributed by atoms with Gasteiger partial charge in [-0.3, -0.25) is 0 Å². The number of unbranched alkanes of at least 4 members (excludes halogenated alkanes) is 1. The Bertz CT molecular complexity index is 965. The minimum absolute atomic E-state index is 0.288. The average Bonchev–Trinajstić information content (AvgIpc) is 3.01. The van der Waals surface area contributed by atoms with Gasteiger partial charge in [0.05, 0.1) is 23.7 Å². The maximum absolute atomic E-state index is 11.5. The van der Waals surface area contributed by atoms with Crippen LogP contribution in [0.3, 0.4) is 0 Å². The minimum atomic E-state index is -0.931. The van der Waals surface area contributed by atoms with Crippen molar-refractivity contribution in [2.24, 2.45) is 0 Å². The molecule has 3 rings (SSSR count). The van der Waals surface area contributed by atoms with Gasteiger partial charge < -0.3 is 9.67 Å². The van der Waals surface area contributed by atoms with Gasteiger partial charge in [-0.25, -0.2) is 9.78 Å². The molecule has 0 saturated carbocycles. The SMILES string of the molecule is CCCCc1nc(CCl)c(Cl)n1Cc1ccc(-c2ccccc2C(=O)O)cc1. The molecule has 0 aliphatic heterocycles. The number of hydrogen-bond donors (Lipinski definition) is 1. The lowest BCUT2D eigenvalue weighted by Gasteiger charge is -2.11. The Morgan fingerprint density at radius 1 is 1.14 bits per heavy atom. The van der Waals surface area contributed by atoms with Crippen LogP contribution in [-0.2, 0) is 18.8 Å². The van der Waals surface area contributed by atoms with Crippen LogP contribution in [0.4, 0.5) is 0 Å². The van der Waals surface area contributed by atoms with Crippen LogP contribution in [0, 0.1) is 0 Å². The molecule has 1 heterocycles. The summed E-state index contributed by atoms with van der Waals surface area (Å²) in [6.45, 7) is 2.74. The summed E-state index contributed by atoms with van der Waals surface area (Å²) in [4.78, 5) is 16.1. The van der Waals surface area contributed by atoms with Gasteiger partial charge in [0, 0.05) is 6.42 Å². The van der Waals surface area contributed by atoms with Gasteiger partial charge in [-0.15, -0.1) is 11.6 Å². The normalized spacial score (nSPS) is 11.0. The van der Waals surface area contributed by atoms with E-state index in [0.29, 0.717) is 28.5 Å². The largest absolute Gasteiger partial charge is 0.478 e. The van der Waals surface area contributed by atoms with E-state index in [2.05, 4.69) is 11.9 Å². The quantitative estimate of drug-likeness (QED) is 0.455. The van der Waals surface area contributed by atoms with Crippen LogP contribution in [0.15, 0.2) is 48.5 Å². The number of hydrogen-bond acceptors (Lipinski definition) is 2. The van der Waals surface area contributed by atoms with Gasteiger partial charge in [0.2, 0.25) is 0 Å². The zero-order valence-electron chi connectivity index (χ0n) is 15.7. The molecule has 0 bridgehead atoms. The highest BCUT2D eigenvalue weighted by Gasteiger charge is 2.15. The van der Waals surface area contributed by atoms with E-state index >= 15 is 0 Å². The third-order valence-corrected chi connectivity index (χ3v) is 5.37. The highest BCUT2D eigenvalue weighted by molar-refractivity contribution is 6.31. The Morgan fingerprint density at radius 3 is 2.50 bits per heavy atom. The van der Waals surface area contributed by atoms with Crippen molar-refractivity contribution in [1.82, 2.24) is 9.55 Å². The zero-order valence-corrected chi connectivity index (χ0v) is 17.2. The molecule has 0 saturated heterocycles. The lowest BCUT2D eigenvalue weighted by Crippen LogP contribution is -2.06. The summed E-state index contributed by atoms with van der Waals surface area (Å²) < 4.78 is 2.01. The van der Waals surface area contributed by atoms with Crippen LogP contribution in [0.1, 0.15) is 47.2 Å². The van der Waals surface area contributed by atoms with E-state index in [1.165, 1.54) is 0 Å². The number of imidazole rings is 1. The van der Waals surface area contributed by atoms with E-state index in [-0.39, 0.29) is 5.88 Å². The molecule has 0 atom stereocenters. The topological polar surface area (TPSA) is 55.1 Å². The standard InChI is InChI=1S/C22H22Cl2N2O2/c1-2-3-8-20-25-19(13-23)21(24)26(20)14-15-9-11-16(12-10-15)17-6-4-5-7-18(17)22(27)28/h4-7,9-12H,2-3,8,13-14H2,1H3,(H,27,28). The molecule has 0 fully saturated rings. The summed E-state index contributed by atoms with van der Waals surface area (Å²) in [5, 5.41) is 9.98. The van der Waals surface area contributed by atoms with Crippen molar-refractivity contribution in [3.8, 4) is 11.1 Å². The molecule has 3 aromatic rings. The number of carbonyl (C=O) groups is 1. The van der Waals surface area contributed by atoms with Crippen molar-refractivity contribution in [3.63, 3.8) is 0 Å². The lowest BCUT2D eigenvalue weighted by molar-refractivity contribution is 0.0697. The van der Waals surface area contributed by atoms with Gasteiger partial charge in [-0.1, -0.05) is 67.4 Å². The molecule has 28 heavy (non-hydrogen) atoms. The Morgan fingerprint density at radius 2 is 1.86 bits per heavy atom. The van der Waals surface area contributed by atoms with Gasteiger partial charge in [0.1, 0.15) is 11.0 Å². The molecule has 0 aliphatic carbocycles. The smallest absolute Gasteiger partial charge is 0.336 e. The summed E-state index contributed by atoms with van der Waals surface area (Å²) in [5.41, 5.74) is 3.64. The van der Waals surface area contributed by atoms with Crippen molar-refractivity contribution in [1.29, 1.82) is 0 Å². The highest BCUT2D eigenvalue weighted by atomic mass is 35.5. The molecular formula is C22H22Cl2N2O2. The molecule has 146 valence electrons. The van der Waals surface area contributed by atoms with Crippen molar-refractivity contribution in [2.45, 2.75) is 38.6 Å². The second-order valence-electron chi connectivity index (χ2n) is 6.64. The summed E-state index contributed by atoms with van der Waals surface area (Å²) in [6, 6.07) is 14.9. The first-order valence-electron chi connectivity index (χ1n) is 9.26. The number of benzene rings is 2. The Hall–Kier alpha value is -2.30. The molecule has 0 radical (unpaired) electrons. The van der Waals surface area contributed by atoms with Crippen LogP contribution in [0.25, 0.3) is 11.1 Å². The molecular weight excluding hydrogens is 395 g/mol. The molecule has 4 nitrogen and oxygen atoms in total. The molecule has 1 aromatic heterocycles. The van der Waals surface area contributed by atoms with E-state index in [9.17, 15) is 9.90 Å². The Labute approximate surface area is 174 Å². The second kappa shape index (κ2) is 9.26. The Balaban J connectivity index is 1.88. The van der Waals surface area contributed by atoms with Gasteiger partial charge in [0.15, 0.2) is 0 Å². The number of aromatic carboxylic acids is 1. The predicted octanol–water partition coefficient (Wildman–Crippen LogP) is 6.03. The third-order valence-electron chi connectivity index (χ3n) is 4.69. The Kier molecular flexibility index (Phi) is 6.76. The summed E-state index contributed by atoms with van der Waals surface area (Å²) >= 11 is 12.5. The van der Waals surface area contributed by atoms with Crippen molar-refractivity contribution in [2.75, 3.05) is 0 Å². The van der Waals surface area contributed by atoms with E-state index in [0.717, 1.165) is 36.2 Å².